The van der Waals surface area contributed by atoms with Crippen molar-refractivity contribution in [1.82, 2.24) is 15.1 Å². The summed E-state index contributed by atoms with van der Waals surface area (Å²) in [6, 6.07) is 12.8. The largest absolute Gasteiger partial charge is 0.497 e. The molecular weight excluding hydrogens is 524 g/mol. The van der Waals surface area contributed by atoms with Crippen LogP contribution in [0.15, 0.2) is 48.5 Å². The molecule has 1 aliphatic heterocycles. The Bertz CT molecular complexity index is 1230. The van der Waals surface area contributed by atoms with Gasteiger partial charge in [0.15, 0.2) is 6.17 Å². The van der Waals surface area contributed by atoms with Crippen LogP contribution < -0.4 is 15.4 Å². The molecule has 0 spiro atoms. The van der Waals surface area contributed by atoms with Crippen molar-refractivity contribution in [3.05, 3.63) is 59.7 Å². The monoisotopic (exact) mass is 564 g/mol. The summed E-state index contributed by atoms with van der Waals surface area (Å²) in [5, 5.41) is 15.3. The van der Waals surface area contributed by atoms with Crippen LogP contribution in [0.25, 0.3) is 0 Å². The molecule has 41 heavy (non-hydrogen) atoms. The first-order chi connectivity index (χ1) is 19.7. The molecule has 2 aliphatic rings. The van der Waals surface area contributed by atoms with Crippen LogP contribution in [0.3, 0.4) is 0 Å². The molecule has 10 nitrogen and oxygen atoms in total. The maximum absolute atomic E-state index is 13.9. The number of rotatable bonds is 10. The standard InChI is InChI=1S/C31H40N4O6/c1-21-7-5-10-23(19-21)26(20-28(37)38)33-29(39)30-34(27(36)16-11-22-8-3-4-9-22)17-6-18-35(30)31(40)32-24-12-14-25(41-2)15-13-24/h5,7,10,12-15,19,22,26,30H,3-4,6,8-9,11,16-18,20H2,1-2H3,(H,32,40)(H,33,39)(H,37,38). The number of benzene rings is 2. The van der Waals surface area contributed by atoms with Crippen molar-refractivity contribution >= 4 is 29.5 Å². The number of hydrogen-bond acceptors (Lipinski definition) is 5. The van der Waals surface area contributed by atoms with Gasteiger partial charge in [0.25, 0.3) is 5.91 Å². The number of methoxy groups -OCH3 is 1. The molecule has 3 N–H and O–H groups in total. The van der Waals surface area contributed by atoms with Crippen molar-refractivity contribution in [2.75, 3.05) is 25.5 Å². The smallest absolute Gasteiger partial charge is 0.323 e. The number of carbonyl (C=O) groups is 4. The lowest BCUT2D eigenvalue weighted by atomic mass is 10.0. The molecule has 1 saturated heterocycles. The number of nitrogens with zero attached hydrogens (tertiary/aromatic N) is 2. The topological polar surface area (TPSA) is 128 Å². The van der Waals surface area contributed by atoms with Crippen molar-refractivity contribution < 1.29 is 29.0 Å². The Labute approximate surface area is 241 Å². The highest BCUT2D eigenvalue weighted by molar-refractivity contribution is 5.96. The normalized spacial score (nSPS) is 18.0. The highest BCUT2D eigenvalue weighted by atomic mass is 16.5. The summed E-state index contributed by atoms with van der Waals surface area (Å²) in [5.74, 6) is -0.690. The highest BCUT2D eigenvalue weighted by Crippen LogP contribution is 2.30. The van der Waals surface area contributed by atoms with E-state index in [0.29, 0.717) is 42.3 Å². The van der Waals surface area contributed by atoms with Gasteiger partial charge in [-0.25, -0.2) is 4.79 Å². The zero-order chi connectivity index (χ0) is 29.4. The van der Waals surface area contributed by atoms with Gasteiger partial charge in [-0.05, 0) is 55.5 Å². The lowest BCUT2D eigenvalue weighted by Gasteiger charge is -2.43. The van der Waals surface area contributed by atoms with Gasteiger partial charge in [-0.15, -0.1) is 0 Å². The van der Waals surface area contributed by atoms with Crippen molar-refractivity contribution in [1.29, 1.82) is 0 Å². The van der Waals surface area contributed by atoms with Crippen LogP contribution in [0, 0.1) is 12.8 Å². The van der Waals surface area contributed by atoms with E-state index < -0.39 is 30.1 Å². The third kappa shape index (κ3) is 7.99. The molecular formula is C31H40N4O6. The fraction of sp³-hybridized carbons (Fsp3) is 0.484. The minimum absolute atomic E-state index is 0.177. The van der Waals surface area contributed by atoms with E-state index in [1.165, 1.54) is 22.6 Å². The molecule has 4 rings (SSSR count). The second kappa shape index (κ2) is 14.0. The third-order valence-electron chi connectivity index (χ3n) is 7.93. The van der Waals surface area contributed by atoms with Gasteiger partial charge in [0.05, 0.1) is 19.6 Å². The molecule has 1 saturated carbocycles. The van der Waals surface area contributed by atoms with E-state index in [2.05, 4.69) is 10.6 Å². The molecule has 4 amide bonds. The molecule has 10 heteroatoms. The van der Waals surface area contributed by atoms with Crippen LogP contribution >= 0.6 is 0 Å². The second-order valence-corrected chi connectivity index (χ2v) is 10.9. The van der Waals surface area contributed by atoms with Gasteiger partial charge in [-0.3, -0.25) is 19.3 Å². The van der Waals surface area contributed by atoms with Crippen molar-refractivity contribution in [2.24, 2.45) is 5.92 Å². The van der Waals surface area contributed by atoms with Gasteiger partial charge in [-0.2, -0.15) is 0 Å². The SMILES string of the molecule is COc1ccc(NC(=O)N2CCCN(C(=O)CCC3CCCC3)C2C(=O)NC(CC(=O)O)c2cccc(C)c2)cc1. The number of nitrogens with one attached hydrogen (secondary N) is 2. The van der Waals surface area contributed by atoms with Crippen LogP contribution in [0.5, 0.6) is 5.75 Å². The van der Waals surface area contributed by atoms with Crippen LogP contribution in [0.2, 0.25) is 0 Å². The summed E-state index contributed by atoms with van der Waals surface area (Å²) in [6.07, 6.45) is 4.61. The fourth-order valence-electron chi connectivity index (χ4n) is 5.78. The summed E-state index contributed by atoms with van der Waals surface area (Å²) in [5.41, 5.74) is 2.09. The predicted molar refractivity (Wildman–Crippen MR) is 154 cm³/mol. The number of hydrogen-bond donors (Lipinski definition) is 3. The lowest BCUT2D eigenvalue weighted by Crippen LogP contribution is -2.64. The van der Waals surface area contributed by atoms with Gasteiger partial charge in [0, 0.05) is 25.2 Å². The first kappa shape index (κ1) is 29.9. The first-order valence-electron chi connectivity index (χ1n) is 14.3. The molecule has 2 fully saturated rings. The number of carboxylic acid groups (broad SMARTS) is 1. The van der Waals surface area contributed by atoms with E-state index >= 15 is 0 Å². The van der Waals surface area contributed by atoms with Gasteiger partial charge < -0.3 is 25.4 Å². The molecule has 0 aromatic heterocycles. The molecule has 2 aromatic rings. The molecule has 220 valence electrons. The van der Waals surface area contributed by atoms with E-state index in [0.717, 1.165) is 24.8 Å². The second-order valence-electron chi connectivity index (χ2n) is 10.9. The number of carbonyl (C=O) groups excluding carboxylic acids is 3. The number of aliphatic carboxylic acids is 1. The number of aryl methyl sites for hydroxylation is 1. The van der Waals surface area contributed by atoms with Crippen molar-refractivity contribution in [3.63, 3.8) is 0 Å². The summed E-state index contributed by atoms with van der Waals surface area (Å²) in [7, 11) is 1.55. The Morgan fingerprint density at radius 1 is 1.00 bits per heavy atom. The molecule has 1 aliphatic carbocycles. The maximum Gasteiger partial charge on any atom is 0.323 e. The first-order valence-corrected chi connectivity index (χ1v) is 14.3. The molecule has 2 unspecified atom stereocenters. The summed E-state index contributed by atoms with van der Waals surface area (Å²) in [6.45, 7) is 2.49. The van der Waals surface area contributed by atoms with Crippen molar-refractivity contribution in [3.8, 4) is 5.75 Å². The summed E-state index contributed by atoms with van der Waals surface area (Å²) in [4.78, 5) is 55.6. The van der Waals surface area contributed by atoms with E-state index in [1.807, 2.05) is 19.1 Å². The van der Waals surface area contributed by atoms with E-state index in [9.17, 15) is 24.3 Å². The van der Waals surface area contributed by atoms with Crippen molar-refractivity contribution in [2.45, 2.75) is 70.5 Å². The van der Waals surface area contributed by atoms with Gasteiger partial charge in [-0.1, -0.05) is 55.5 Å². The maximum atomic E-state index is 13.9. The number of amides is 4. The minimum Gasteiger partial charge on any atom is -0.497 e. The Kier molecular flexibility index (Phi) is 10.2. The summed E-state index contributed by atoms with van der Waals surface area (Å²) >= 11 is 0. The third-order valence-corrected chi connectivity index (χ3v) is 7.93. The summed E-state index contributed by atoms with van der Waals surface area (Å²) < 4.78 is 5.19. The molecule has 0 bridgehead atoms. The van der Waals surface area contributed by atoms with E-state index in [4.69, 9.17) is 4.74 Å². The molecule has 2 atom stereocenters. The van der Waals surface area contributed by atoms with Crippen LogP contribution in [0.4, 0.5) is 10.5 Å². The van der Waals surface area contributed by atoms with Gasteiger partial charge >= 0.3 is 12.0 Å². The fourth-order valence-corrected chi connectivity index (χ4v) is 5.78. The zero-order valence-electron chi connectivity index (χ0n) is 23.8. The number of ether oxygens (including phenoxy) is 1. The molecule has 2 aromatic carbocycles. The average molecular weight is 565 g/mol. The van der Waals surface area contributed by atoms with Crippen LogP contribution in [0.1, 0.15) is 68.5 Å². The Morgan fingerprint density at radius 2 is 1.71 bits per heavy atom. The number of carboxylic acids is 1. The number of anilines is 1. The highest BCUT2D eigenvalue weighted by Gasteiger charge is 2.41. The minimum atomic E-state index is -1.21. The Hall–Kier alpha value is -4.08. The van der Waals surface area contributed by atoms with E-state index in [-0.39, 0.29) is 18.9 Å². The van der Waals surface area contributed by atoms with Gasteiger partial charge in [0.1, 0.15) is 5.75 Å². The molecule has 1 heterocycles. The zero-order valence-corrected chi connectivity index (χ0v) is 23.8. The van der Waals surface area contributed by atoms with Crippen LogP contribution in [-0.2, 0) is 14.4 Å². The van der Waals surface area contributed by atoms with E-state index in [1.54, 1.807) is 43.5 Å². The number of urea groups is 1. The van der Waals surface area contributed by atoms with Gasteiger partial charge in [0.2, 0.25) is 5.91 Å². The predicted octanol–water partition coefficient (Wildman–Crippen LogP) is 4.70. The van der Waals surface area contributed by atoms with Crippen LogP contribution in [-0.4, -0.2) is 65.1 Å². The molecule has 0 radical (unpaired) electrons. The average Bonchev–Trinajstić information content (AvgIpc) is 3.49. The quantitative estimate of drug-likeness (QED) is 0.384. The lowest BCUT2D eigenvalue weighted by molar-refractivity contribution is -0.149. The Morgan fingerprint density at radius 3 is 2.37 bits per heavy atom. The Balaban J connectivity index is 1.58.